The minimum absolute atomic E-state index is 0.199. The molecule has 3 heteroatoms. The Hall–Kier alpha value is -2.16. The molecule has 0 unspecified atom stereocenters. The monoisotopic (exact) mass is 256 g/mol. The lowest BCUT2D eigenvalue weighted by Crippen LogP contribution is -2.23. The van der Waals surface area contributed by atoms with Crippen molar-refractivity contribution in [2.75, 3.05) is 6.61 Å². The SMILES string of the molecule is CCOC(=O)[C@@H](C)C(=O)c1cccc2ccccc12. The zero-order valence-electron chi connectivity index (χ0n) is 11.1. The molecule has 0 saturated heterocycles. The van der Waals surface area contributed by atoms with Crippen LogP contribution in [0.2, 0.25) is 0 Å². The molecule has 2 rings (SSSR count). The molecule has 3 nitrogen and oxygen atoms in total. The molecule has 0 aliphatic rings. The first kappa shape index (κ1) is 13.3. The topological polar surface area (TPSA) is 43.4 Å². The van der Waals surface area contributed by atoms with E-state index in [1.807, 2.05) is 36.4 Å². The molecule has 0 aliphatic heterocycles. The Morgan fingerprint density at radius 2 is 1.79 bits per heavy atom. The maximum atomic E-state index is 12.4. The predicted molar refractivity (Wildman–Crippen MR) is 74.1 cm³/mol. The fourth-order valence-corrected chi connectivity index (χ4v) is 2.05. The van der Waals surface area contributed by atoms with Gasteiger partial charge in [-0.15, -0.1) is 0 Å². The molecule has 0 amide bonds. The van der Waals surface area contributed by atoms with E-state index >= 15 is 0 Å². The molecular formula is C16H16O3. The van der Waals surface area contributed by atoms with E-state index in [4.69, 9.17) is 4.74 Å². The number of Topliss-reactive ketones (excluding diaryl/α,β-unsaturated/α-hetero) is 1. The first-order chi connectivity index (χ1) is 9.15. The molecule has 0 saturated carbocycles. The highest BCUT2D eigenvalue weighted by Crippen LogP contribution is 2.21. The van der Waals surface area contributed by atoms with Gasteiger partial charge in [0.15, 0.2) is 5.78 Å². The maximum absolute atomic E-state index is 12.4. The van der Waals surface area contributed by atoms with Crippen LogP contribution in [0.25, 0.3) is 10.8 Å². The van der Waals surface area contributed by atoms with Gasteiger partial charge in [0.2, 0.25) is 0 Å². The Bertz CT molecular complexity index is 611. The van der Waals surface area contributed by atoms with E-state index in [0.29, 0.717) is 5.56 Å². The van der Waals surface area contributed by atoms with E-state index < -0.39 is 11.9 Å². The van der Waals surface area contributed by atoms with Crippen LogP contribution in [0.15, 0.2) is 42.5 Å². The van der Waals surface area contributed by atoms with Crippen LogP contribution in [-0.4, -0.2) is 18.4 Å². The standard InChI is InChI=1S/C16H16O3/c1-3-19-16(18)11(2)15(17)14-10-6-8-12-7-4-5-9-13(12)14/h4-11H,3H2,1-2H3/t11-/m0/s1. The van der Waals surface area contributed by atoms with Crippen molar-refractivity contribution in [2.45, 2.75) is 13.8 Å². The van der Waals surface area contributed by atoms with Crippen molar-refractivity contribution in [1.82, 2.24) is 0 Å². The summed E-state index contributed by atoms with van der Waals surface area (Å²) >= 11 is 0. The van der Waals surface area contributed by atoms with E-state index in [1.165, 1.54) is 0 Å². The van der Waals surface area contributed by atoms with Crippen molar-refractivity contribution < 1.29 is 14.3 Å². The predicted octanol–water partition coefficient (Wildman–Crippen LogP) is 3.22. The van der Waals surface area contributed by atoms with Crippen LogP contribution >= 0.6 is 0 Å². The number of rotatable bonds is 4. The number of hydrogen-bond donors (Lipinski definition) is 0. The van der Waals surface area contributed by atoms with E-state index in [-0.39, 0.29) is 12.4 Å². The molecule has 2 aromatic rings. The quantitative estimate of drug-likeness (QED) is 0.479. The zero-order chi connectivity index (χ0) is 13.8. The normalized spacial score (nSPS) is 12.1. The Morgan fingerprint density at radius 1 is 1.11 bits per heavy atom. The summed E-state index contributed by atoms with van der Waals surface area (Å²) in [5.74, 6) is -1.44. The number of carbonyl (C=O) groups is 2. The van der Waals surface area contributed by atoms with Crippen LogP contribution in [0.5, 0.6) is 0 Å². The van der Waals surface area contributed by atoms with Gasteiger partial charge in [-0.1, -0.05) is 42.5 Å². The molecule has 98 valence electrons. The lowest BCUT2D eigenvalue weighted by atomic mass is 9.94. The van der Waals surface area contributed by atoms with Crippen LogP contribution in [0.1, 0.15) is 24.2 Å². The van der Waals surface area contributed by atoms with Crippen molar-refractivity contribution in [3.8, 4) is 0 Å². The summed E-state index contributed by atoms with van der Waals surface area (Å²) < 4.78 is 4.90. The lowest BCUT2D eigenvalue weighted by molar-refractivity contribution is -0.145. The fourth-order valence-electron chi connectivity index (χ4n) is 2.05. The summed E-state index contributed by atoms with van der Waals surface area (Å²) in [5, 5.41) is 1.86. The van der Waals surface area contributed by atoms with Gasteiger partial charge < -0.3 is 4.74 Å². The van der Waals surface area contributed by atoms with Gasteiger partial charge in [-0.3, -0.25) is 9.59 Å². The smallest absolute Gasteiger partial charge is 0.316 e. The zero-order valence-corrected chi connectivity index (χ0v) is 11.1. The summed E-state index contributed by atoms with van der Waals surface area (Å²) in [6.07, 6.45) is 0. The minimum Gasteiger partial charge on any atom is -0.465 e. The van der Waals surface area contributed by atoms with Crippen LogP contribution in [0, 0.1) is 5.92 Å². The molecule has 0 spiro atoms. The van der Waals surface area contributed by atoms with Crippen molar-refractivity contribution in [3.63, 3.8) is 0 Å². The molecule has 0 radical (unpaired) electrons. The molecule has 1 atom stereocenters. The van der Waals surface area contributed by atoms with Crippen LogP contribution in [0.3, 0.4) is 0 Å². The Balaban J connectivity index is 2.39. The van der Waals surface area contributed by atoms with Crippen molar-refractivity contribution >= 4 is 22.5 Å². The van der Waals surface area contributed by atoms with E-state index in [0.717, 1.165) is 10.8 Å². The molecular weight excluding hydrogens is 240 g/mol. The largest absolute Gasteiger partial charge is 0.465 e. The maximum Gasteiger partial charge on any atom is 0.316 e. The van der Waals surface area contributed by atoms with Crippen LogP contribution in [0.4, 0.5) is 0 Å². The Kier molecular flexibility index (Phi) is 3.95. The molecule has 0 fully saturated rings. The molecule has 0 aromatic heterocycles. The van der Waals surface area contributed by atoms with Crippen molar-refractivity contribution in [1.29, 1.82) is 0 Å². The van der Waals surface area contributed by atoms with E-state index in [2.05, 4.69) is 0 Å². The highest BCUT2D eigenvalue weighted by atomic mass is 16.5. The number of fused-ring (bicyclic) bond motifs is 1. The van der Waals surface area contributed by atoms with Gasteiger partial charge >= 0.3 is 5.97 Å². The van der Waals surface area contributed by atoms with Gasteiger partial charge in [-0.05, 0) is 24.6 Å². The Labute approximate surface area is 112 Å². The molecule has 0 aliphatic carbocycles. The van der Waals surface area contributed by atoms with Gasteiger partial charge in [0.05, 0.1) is 6.61 Å². The molecule has 0 heterocycles. The number of carbonyl (C=O) groups excluding carboxylic acids is 2. The third-order valence-corrected chi connectivity index (χ3v) is 3.09. The molecule has 2 aromatic carbocycles. The van der Waals surface area contributed by atoms with E-state index in [1.54, 1.807) is 19.9 Å². The average molecular weight is 256 g/mol. The Morgan fingerprint density at radius 3 is 2.53 bits per heavy atom. The number of ether oxygens (including phenoxy) is 1. The van der Waals surface area contributed by atoms with Gasteiger partial charge in [-0.25, -0.2) is 0 Å². The lowest BCUT2D eigenvalue weighted by Gasteiger charge is -2.11. The van der Waals surface area contributed by atoms with Crippen LogP contribution < -0.4 is 0 Å². The third kappa shape index (κ3) is 2.65. The minimum atomic E-state index is -0.772. The average Bonchev–Trinajstić information content (AvgIpc) is 2.45. The highest BCUT2D eigenvalue weighted by molar-refractivity contribution is 6.14. The molecule has 0 bridgehead atoms. The number of benzene rings is 2. The first-order valence-electron chi connectivity index (χ1n) is 6.33. The molecule has 19 heavy (non-hydrogen) atoms. The van der Waals surface area contributed by atoms with Crippen molar-refractivity contribution in [2.24, 2.45) is 5.92 Å². The third-order valence-electron chi connectivity index (χ3n) is 3.09. The second-order valence-electron chi connectivity index (χ2n) is 4.36. The van der Waals surface area contributed by atoms with Gasteiger partial charge in [0, 0.05) is 5.56 Å². The first-order valence-corrected chi connectivity index (χ1v) is 6.33. The summed E-state index contributed by atoms with van der Waals surface area (Å²) in [4.78, 5) is 24.0. The van der Waals surface area contributed by atoms with Gasteiger partial charge in [0.1, 0.15) is 5.92 Å². The summed E-state index contributed by atoms with van der Waals surface area (Å²) in [6.45, 7) is 3.60. The highest BCUT2D eigenvalue weighted by Gasteiger charge is 2.24. The van der Waals surface area contributed by atoms with Crippen molar-refractivity contribution in [3.05, 3.63) is 48.0 Å². The number of esters is 1. The van der Waals surface area contributed by atoms with Gasteiger partial charge in [0.25, 0.3) is 0 Å². The number of hydrogen-bond acceptors (Lipinski definition) is 3. The summed E-state index contributed by atoms with van der Waals surface area (Å²) in [5.41, 5.74) is 0.568. The second-order valence-corrected chi connectivity index (χ2v) is 4.36. The summed E-state index contributed by atoms with van der Waals surface area (Å²) in [7, 11) is 0. The van der Waals surface area contributed by atoms with Gasteiger partial charge in [-0.2, -0.15) is 0 Å². The van der Waals surface area contributed by atoms with E-state index in [9.17, 15) is 9.59 Å². The second kappa shape index (κ2) is 5.65. The number of ketones is 1. The fraction of sp³-hybridized carbons (Fsp3) is 0.250. The summed E-state index contributed by atoms with van der Waals surface area (Å²) in [6, 6.07) is 13.2. The molecule has 0 N–H and O–H groups in total. The van der Waals surface area contributed by atoms with Crippen LogP contribution in [-0.2, 0) is 9.53 Å².